The first kappa shape index (κ1) is 25.0. The summed E-state index contributed by atoms with van der Waals surface area (Å²) in [5.74, 6) is 0. The molecule has 0 aliphatic heterocycles. The van der Waals surface area contributed by atoms with Gasteiger partial charge in [-0.2, -0.15) is 0 Å². The average Bonchev–Trinajstić information content (AvgIpc) is 2.59. The van der Waals surface area contributed by atoms with Gasteiger partial charge in [0.05, 0.1) is 9.65 Å². The molecule has 25 heavy (non-hydrogen) atoms. The van der Waals surface area contributed by atoms with Crippen LogP contribution < -0.4 is 0 Å². The highest BCUT2D eigenvalue weighted by Gasteiger charge is 2.52. The third kappa shape index (κ3) is 4.26. The molecule has 2 aliphatic carbocycles. The number of hydrogen-bond acceptors (Lipinski definition) is 0. The molecule has 0 nitrogen and oxygen atoms in total. The van der Waals surface area contributed by atoms with Gasteiger partial charge in [0.25, 0.3) is 0 Å². The van der Waals surface area contributed by atoms with Gasteiger partial charge in [0.2, 0.25) is 0 Å². The first-order valence-electron chi connectivity index (χ1n) is 6.81. The molecule has 0 heterocycles. The molecule has 0 aromatic carbocycles. The summed E-state index contributed by atoms with van der Waals surface area (Å²) in [5.41, 5.74) is -0.363. The summed E-state index contributed by atoms with van der Waals surface area (Å²) in [4.78, 5) is 0.238. The zero-order chi connectivity index (χ0) is 19.5. The van der Waals surface area contributed by atoms with Crippen molar-refractivity contribution in [3.8, 4) is 0 Å². The first-order valence-corrected chi connectivity index (χ1v) is 15.0. The molecule has 0 saturated heterocycles. The highest BCUT2D eigenvalue weighted by Crippen LogP contribution is 2.63. The Morgan fingerprint density at radius 3 is 1.16 bits per heavy atom. The number of halogens is 10. The van der Waals surface area contributed by atoms with Crippen LogP contribution >= 0.6 is 159 Å². The van der Waals surface area contributed by atoms with E-state index >= 15 is 0 Å². The maximum Gasteiger partial charge on any atom is 0.0572 e. The Balaban J connectivity index is 2.59. The number of alkyl halides is 2. The summed E-state index contributed by atoms with van der Waals surface area (Å²) in [7, 11) is 0. The predicted octanol–water partition coefficient (Wildman–Crippen LogP) is 10.9. The summed E-state index contributed by atoms with van der Waals surface area (Å²) in [6, 6.07) is 0. The summed E-state index contributed by atoms with van der Waals surface area (Å²) < 4.78 is 8.51. The lowest BCUT2D eigenvalue weighted by atomic mass is 9.67. The fraction of sp³-hybridized carbons (Fsp3) is 0.467. The standard InChI is InChI=1S/C15H10Br10/c1-14(10(22)6(18)4(16)7(19)11(14)23)3-15(2)12(24)8(20)5(17)9(21)13(15)25/h10,12H,3H2,1-2H3. The van der Waals surface area contributed by atoms with Gasteiger partial charge < -0.3 is 0 Å². The summed E-state index contributed by atoms with van der Waals surface area (Å²) in [5, 5.41) is 0. The monoisotopic (exact) mass is 979 g/mol. The second-order valence-electron chi connectivity index (χ2n) is 6.32. The van der Waals surface area contributed by atoms with Gasteiger partial charge in [0.1, 0.15) is 0 Å². The van der Waals surface area contributed by atoms with Crippen LogP contribution in [0.2, 0.25) is 0 Å². The maximum atomic E-state index is 3.91. The molecule has 0 radical (unpaired) electrons. The van der Waals surface area contributed by atoms with Gasteiger partial charge in [0, 0.05) is 46.7 Å². The van der Waals surface area contributed by atoms with E-state index in [9.17, 15) is 0 Å². The smallest absolute Gasteiger partial charge is 0.0572 e. The largest absolute Gasteiger partial charge is 0.0823 e. The molecule has 4 unspecified atom stereocenters. The number of rotatable bonds is 2. The fourth-order valence-electron chi connectivity index (χ4n) is 3.01. The second kappa shape index (κ2) is 9.09. The maximum absolute atomic E-state index is 3.91. The van der Waals surface area contributed by atoms with E-state index in [2.05, 4.69) is 173 Å². The van der Waals surface area contributed by atoms with Crippen molar-refractivity contribution in [2.45, 2.75) is 29.9 Å². The van der Waals surface area contributed by atoms with Gasteiger partial charge in [-0.05, 0) is 70.1 Å². The molecule has 0 bridgehead atoms. The molecule has 0 fully saturated rings. The molecule has 0 aromatic rings. The molecular formula is C15H10Br10. The molecule has 0 amide bonds. The van der Waals surface area contributed by atoms with E-state index in [1.54, 1.807) is 0 Å². The second-order valence-corrected chi connectivity index (χ2v) is 14.6. The minimum absolute atomic E-state index is 0.119. The van der Waals surface area contributed by atoms with Crippen LogP contribution in [0.4, 0.5) is 0 Å². The van der Waals surface area contributed by atoms with E-state index in [1.807, 2.05) is 0 Å². The minimum Gasteiger partial charge on any atom is -0.0823 e. The molecule has 4 atom stereocenters. The summed E-state index contributed by atoms with van der Waals surface area (Å²) >= 11 is 37.7. The quantitative estimate of drug-likeness (QED) is 0.242. The van der Waals surface area contributed by atoms with Crippen molar-refractivity contribution < 1.29 is 0 Å². The molecule has 10 heteroatoms. The van der Waals surface area contributed by atoms with Crippen LogP contribution in [0.5, 0.6) is 0 Å². The van der Waals surface area contributed by atoms with Gasteiger partial charge in [-0.25, -0.2) is 0 Å². The van der Waals surface area contributed by atoms with Crippen molar-refractivity contribution >= 4 is 159 Å². The average molecular weight is 989 g/mol. The Labute approximate surface area is 232 Å². The Morgan fingerprint density at radius 1 is 0.600 bits per heavy atom. The van der Waals surface area contributed by atoms with Gasteiger partial charge in [-0.1, -0.05) is 109 Å². The molecule has 2 aliphatic rings. The van der Waals surface area contributed by atoms with Crippen LogP contribution in [-0.2, 0) is 0 Å². The Bertz CT molecular complexity index is 683. The fourth-order valence-corrected chi connectivity index (χ4v) is 11.3. The Kier molecular flexibility index (Phi) is 9.10. The molecule has 0 saturated carbocycles. The van der Waals surface area contributed by atoms with Crippen LogP contribution in [0.1, 0.15) is 20.3 Å². The Hall–Kier alpha value is 3.76. The van der Waals surface area contributed by atoms with E-state index in [-0.39, 0.29) is 20.5 Å². The molecule has 140 valence electrons. The first-order chi connectivity index (χ1) is 11.3. The van der Waals surface area contributed by atoms with Crippen LogP contribution in [0.25, 0.3) is 0 Å². The van der Waals surface area contributed by atoms with Gasteiger partial charge >= 0.3 is 0 Å². The number of allylic oxidation sites excluding steroid dienone is 8. The van der Waals surface area contributed by atoms with Crippen LogP contribution in [0, 0.1) is 10.8 Å². The van der Waals surface area contributed by atoms with Crippen molar-refractivity contribution in [2.24, 2.45) is 10.8 Å². The molecule has 0 N–H and O–H groups in total. The zero-order valence-corrected chi connectivity index (χ0v) is 28.5. The van der Waals surface area contributed by atoms with Gasteiger partial charge in [-0.15, -0.1) is 0 Å². The van der Waals surface area contributed by atoms with Crippen molar-refractivity contribution in [3.63, 3.8) is 0 Å². The third-order valence-electron chi connectivity index (χ3n) is 4.49. The van der Waals surface area contributed by atoms with Crippen LogP contribution in [0.3, 0.4) is 0 Å². The Morgan fingerprint density at radius 2 is 0.880 bits per heavy atom. The van der Waals surface area contributed by atoms with E-state index in [0.29, 0.717) is 0 Å². The van der Waals surface area contributed by atoms with Crippen molar-refractivity contribution in [1.82, 2.24) is 0 Å². The lowest BCUT2D eigenvalue weighted by Crippen LogP contribution is -2.42. The third-order valence-corrected chi connectivity index (χ3v) is 19.4. The summed E-state index contributed by atoms with van der Waals surface area (Å²) in [6.07, 6.45) is 0.877. The van der Waals surface area contributed by atoms with Crippen LogP contribution in [0.15, 0.2) is 35.9 Å². The number of hydrogen-bond donors (Lipinski definition) is 0. The lowest BCUT2D eigenvalue weighted by Gasteiger charge is -2.48. The van der Waals surface area contributed by atoms with Gasteiger partial charge in [0.15, 0.2) is 0 Å². The van der Waals surface area contributed by atoms with E-state index in [4.69, 9.17) is 0 Å². The molecule has 2 rings (SSSR count). The lowest BCUT2D eigenvalue weighted by molar-refractivity contribution is 0.259. The van der Waals surface area contributed by atoms with Gasteiger partial charge in [-0.3, -0.25) is 0 Å². The molecule has 0 aromatic heterocycles. The van der Waals surface area contributed by atoms with Crippen LogP contribution in [-0.4, -0.2) is 9.65 Å². The SMILES string of the molecule is CC1(CC2(C)C(Br)=C(Br)C(Br)=C(Br)C2Br)C(Br)=C(Br)C(Br)=C(Br)C1Br. The topological polar surface area (TPSA) is 0 Å². The molecular weight excluding hydrogens is 979 g/mol. The highest BCUT2D eigenvalue weighted by molar-refractivity contribution is 9.18. The van der Waals surface area contributed by atoms with Crippen molar-refractivity contribution in [1.29, 1.82) is 0 Å². The highest BCUT2D eigenvalue weighted by atomic mass is 79.9. The molecule has 0 spiro atoms. The predicted molar refractivity (Wildman–Crippen MR) is 146 cm³/mol. The minimum atomic E-state index is -0.181. The van der Waals surface area contributed by atoms with E-state index < -0.39 is 0 Å². The zero-order valence-electron chi connectivity index (χ0n) is 12.6. The summed E-state index contributed by atoms with van der Waals surface area (Å²) in [6.45, 7) is 4.53. The normalized spacial score (nSPS) is 37.4. The van der Waals surface area contributed by atoms with E-state index in [0.717, 1.165) is 42.3 Å². The van der Waals surface area contributed by atoms with Crippen molar-refractivity contribution in [2.75, 3.05) is 0 Å². The van der Waals surface area contributed by atoms with E-state index in [1.165, 1.54) is 0 Å². The van der Waals surface area contributed by atoms with Crippen molar-refractivity contribution in [3.05, 3.63) is 35.9 Å².